The first-order chi connectivity index (χ1) is 12.2. The molecule has 3 N–H and O–H groups in total. The summed E-state index contributed by atoms with van der Waals surface area (Å²) < 4.78 is 24.2. The number of phenols is 1. The van der Waals surface area contributed by atoms with E-state index < -0.39 is 5.82 Å². The quantitative estimate of drug-likeness (QED) is 0.305. The van der Waals surface area contributed by atoms with Crippen LogP contribution in [0.3, 0.4) is 0 Å². The van der Waals surface area contributed by atoms with Crippen molar-refractivity contribution in [3.8, 4) is 5.75 Å². The molecule has 6 nitrogen and oxygen atoms in total. The molecule has 0 aliphatic heterocycles. The second-order valence-corrected chi connectivity index (χ2v) is 5.49. The van der Waals surface area contributed by atoms with Crippen LogP contribution in [0.2, 0.25) is 0 Å². The predicted octanol–water partition coefficient (Wildman–Crippen LogP) is 2.42. The van der Waals surface area contributed by atoms with Gasteiger partial charge in [-0.2, -0.15) is 0 Å². The van der Waals surface area contributed by atoms with E-state index in [-0.39, 0.29) is 5.75 Å². The minimum Gasteiger partial charge on any atom is -0.505 e. The van der Waals surface area contributed by atoms with Gasteiger partial charge in [0.2, 0.25) is 0 Å². The Bertz CT molecular complexity index is 512. The van der Waals surface area contributed by atoms with Crippen molar-refractivity contribution < 1.29 is 19.0 Å². The average molecular weight is 355 g/mol. The molecule has 0 amide bonds. The molecule has 25 heavy (non-hydrogen) atoms. The maximum absolute atomic E-state index is 13.3. The molecule has 0 spiro atoms. The number of aliphatic imine (C=N–C) groups is 1. The third-order valence-electron chi connectivity index (χ3n) is 3.33. The fourth-order valence-electron chi connectivity index (χ4n) is 1.97. The van der Waals surface area contributed by atoms with E-state index in [0.29, 0.717) is 44.4 Å². The van der Waals surface area contributed by atoms with Crippen LogP contribution in [0.25, 0.3) is 0 Å². The monoisotopic (exact) mass is 355 g/mol. The molecule has 7 heteroatoms. The Hall–Kier alpha value is -1.86. The van der Waals surface area contributed by atoms with Gasteiger partial charge in [0.15, 0.2) is 17.5 Å². The number of nitrogens with one attached hydrogen (secondary N) is 2. The number of unbranched alkanes of at least 4 members (excludes halogenated alkanes) is 1. The van der Waals surface area contributed by atoms with E-state index in [9.17, 15) is 9.50 Å². The van der Waals surface area contributed by atoms with E-state index in [0.717, 1.165) is 26.0 Å². The molecule has 0 saturated heterocycles. The zero-order valence-electron chi connectivity index (χ0n) is 15.2. The summed E-state index contributed by atoms with van der Waals surface area (Å²) in [5, 5.41) is 15.5. The minimum atomic E-state index is -0.639. The van der Waals surface area contributed by atoms with Gasteiger partial charge in [0, 0.05) is 19.7 Å². The average Bonchev–Trinajstić information content (AvgIpc) is 2.61. The molecule has 0 fully saturated rings. The summed E-state index contributed by atoms with van der Waals surface area (Å²) in [6, 6.07) is 4.26. The van der Waals surface area contributed by atoms with Gasteiger partial charge >= 0.3 is 0 Å². The molecule has 0 unspecified atom stereocenters. The fourth-order valence-corrected chi connectivity index (χ4v) is 1.97. The van der Waals surface area contributed by atoms with Gasteiger partial charge in [-0.05, 0) is 31.0 Å². The third-order valence-corrected chi connectivity index (χ3v) is 3.33. The fraction of sp³-hybridized carbons (Fsp3) is 0.611. The molecular weight excluding hydrogens is 325 g/mol. The van der Waals surface area contributed by atoms with Crippen LogP contribution in [-0.4, -0.2) is 50.6 Å². The number of guanidine groups is 1. The van der Waals surface area contributed by atoms with E-state index in [1.165, 1.54) is 12.1 Å². The van der Waals surface area contributed by atoms with Crippen molar-refractivity contribution >= 4 is 5.96 Å². The number of rotatable bonds is 12. The van der Waals surface area contributed by atoms with Crippen LogP contribution in [0.5, 0.6) is 5.75 Å². The number of nitrogens with zero attached hydrogens (tertiary/aromatic N) is 1. The van der Waals surface area contributed by atoms with Gasteiger partial charge in [-0.3, -0.25) is 0 Å². The summed E-state index contributed by atoms with van der Waals surface area (Å²) in [4.78, 5) is 4.39. The predicted molar refractivity (Wildman–Crippen MR) is 97.4 cm³/mol. The number of hydrogen-bond acceptors (Lipinski definition) is 4. The molecule has 0 atom stereocenters. The van der Waals surface area contributed by atoms with Gasteiger partial charge in [0.1, 0.15) is 0 Å². The maximum Gasteiger partial charge on any atom is 0.191 e. The molecule has 0 aliphatic carbocycles. The SMILES string of the molecule is CCCCOCCOCCNC(=NCc1ccc(O)c(F)c1)NCC. The first kappa shape index (κ1) is 21.2. The summed E-state index contributed by atoms with van der Waals surface area (Å²) in [5.74, 6) is -0.354. The number of benzene rings is 1. The van der Waals surface area contributed by atoms with Gasteiger partial charge in [-0.25, -0.2) is 9.38 Å². The van der Waals surface area contributed by atoms with Crippen molar-refractivity contribution in [2.45, 2.75) is 33.2 Å². The first-order valence-corrected chi connectivity index (χ1v) is 8.82. The number of hydrogen-bond donors (Lipinski definition) is 3. The summed E-state index contributed by atoms with van der Waals surface area (Å²) in [6.45, 7) is 8.29. The van der Waals surface area contributed by atoms with Crippen molar-refractivity contribution in [1.82, 2.24) is 10.6 Å². The van der Waals surface area contributed by atoms with Crippen molar-refractivity contribution in [3.05, 3.63) is 29.6 Å². The van der Waals surface area contributed by atoms with Crippen molar-refractivity contribution in [2.75, 3.05) is 39.5 Å². The highest BCUT2D eigenvalue weighted by atomic mass is 19.1. The Morgan fingerprint density at radius 1 is 1.12 bits per heavy atom. The topological polar surface area (TPSA) is 75.1 Å². The molecule has 0 bridgehead atoms. The van der Waals surface area contributed by atoms with Crippen LogP contribution in [0.1, 0.15) is 32.3 Å². The molecule has 0 aliphatic rings. The van der Waals surface area contributed by atoms with Crippen molar-refractivity contribution in [1.29, 1.82) is 0 Å². The van der Waals surface area contributed by atoms with Crippen LogP contribution in [0, 0.1) is 5.82 Å². The summed E-state index contributed by atoms with van der Waals surface area (Å²) in [5.41, 5.74) is 0.688. The van der Waals surface area contributed by atoms with Crippen LogP contribution in [0.4, 0.5) is 4.39 Å². The Morgan fingerprint density at radius 2 is 1.88 bits per heavy atom. The van der Waals surface area contributed by atoms with E-state index in [1.54, 1.807) is 6.07 Å². The standard InChI is InChI=1S/C18H30FN3O3/c1-3-5-9-24-11-12-25-10-8-21-18(20-4-2)22-14-15-6-7-17(23)16(19)13-15/h6-7,13,23H,3-5,8-12,14H2,1-2H3,(H2,20,21,22). The second-order valence-electron chi connectivity index (χ2n) is 5.49. The zero-order chi connectivity index (χ0) is 18.3. The number of phenolic OH excluding ortho intramolecular Hbond substituents is 1. The maximum atomic E-state index is 13.3. The van der Waals surface area contributed by atoms with E-state index in [4.69, 9.17) is 9.47 Å². The van der Waals surface area contributed by atoms with Gasteiger partial charge in [-0.1, -0.05) is 19.4 Å². The minimum absolute atomic E-state index is 0.318. The van der Waals surface area contributed by atoms with E-state index in [2.05, 4.69) is 22.5 Å². The number of halogens is 1. The Balaban J connectivity index is 2.25. The molecule has 142 valence electrons. The van der Waals surface area contributed by atoms with E-state index >= 15 is 0 Å². The van der Waals surface area contributed by atoms with Gasteiger partial charge in [-0.15, -0.1) is 0 Å². The molecule has 0 heterocycles. The van der Waals surface area contributed by atoms with Crippen molar-refractivity contribution in [3.63, 3.8) is 0 Å². The van der Waals surface area contributed by atoms with Gasteiger partial charge in [0.25, 0.3) is 0 Å². The third kappa shape index (κ3) is 9.89. The molecule has 1 aromatic carbocycles. The molecule has 1 aromatic rings. The second kappa shape index (κ2) is 13.4. The van der Waals surface area contributed by atoms with Gasteiger partial charge in [0.05, 0.1) is 26.4 Å². The normalized spacial score (nSPS) is 11.6. The van der Waals surface area contributed by atoms with Crippen molar-refractivity contribution in [2.24, 2.45) is 4.99 Å². The molecular formula is C18H30FN3O3. The highest BCUT2D eigenvalue weighted by Crippen LogP contribution is 2.16. The Labute approximate surface area is 149 Å². The lowest BCUT2D eigenvalue weighted by Gasteiger charge is -2.12. The lowest BCUT2D eigenvalue weighted by Crippen LogP contribution is -2.39. The van der Waals surface area contributed by atoms with E-state index in [1.807, 2.05) is 6.92 Å². The molecule has 0 saturated carbocycles. The lowest BCUT2D eigenvalue weighted by atomic mass is 10.2. The Kier molecular flexibility index (Phi) is 11.4. The molecule has 0 radical (unpaired) electrons. The smallest absolute Gasteiger partial charge is 0.191 e. The summed E-state index contributed by atoms with van der Waals surface area (Å²) >= 11 is 0. The summed E-state index contributed by atoms with van der Waals surface area (Å²) in [6.07, 6.45) is 2.21. The zero-order valence-corrected chi connectivity index (χ0v) is 15.2. The first-order valence-electron chi connectivity index (χ1n) is 8.82. The lowest BCUT2D eigenvalue weighted by molar-refractivity contribution is 0.0487. The van der Waals surface area contributed by atoms with Crippen LogP contribution in [0.15, 0.2) is 23.2 Å². The molecule has 0 aromatic heterocycles. The van der Waals surface area contributed by atoms with Gasteiger partial charge < -0.3 is 25.2 Å². The molecule has 1 rings (SSSR count). The van der Waals surface area contributed by atoms with Crippen LogP contribution in [-0.2, 0) is 16.0 Å². The van der Waals surface area contributed by atoms with Crippen LogP contribution >= 0.6 is 0 Å². The largest absolute Gasteiger partial charge is 0.505 e. The number of ether oxygens (including phenoxy) is 2. The number of aromatic hydroxyl groups is 1. The highest BCUT2D eigenvalue weighted by molar-refractivity contribution is 5.79. The van der Waals surface area contributed by atoms with Crippen LogP contribution < -0.4 is 10.6 Å². The highest BCUT2D eigenvalue weighted by Gasteiger charge is 2.02. The Morgan fingerprint density at radius 3 is 2.56 bits per heavy atom. The summed E-state index contributed by atoms with van der Waals surface area (Å²) in [7, 11) is 0.